The minimum Gasteiger partial charge on any atom is -0.442 e. The zero-order valence-corrected chi connectivity index (χ0v) is 9.95. The van der Waals surface area contributed by atoms with Gasteiger partial charge in [0.15, 0.2) is 12.2 Å². The molecule has 6 nitrogen and oxygen atoms in total. The summed E-state index contributed by atoms with van der Waals surface area (Å²) in [5.41, 5.74) is 13.7. The molecule has 0 radical (unpaired) electrons. The van der Waals surface area contributed by atoms with E-state index in [2.05, 4.69) is 15.0 Å². The minimum absolute atomic E-state index is 0.101. The number of benzene rings is 1. The van der Waals surface area contributed by atoms with Gasteiger partial charge in [0.2, 0.25) is 5.95 Å². The molecule has 94 valence electrons. The molecule has 0 saturated carbocycles. The summed E-state index contributed by atoms with van der Waals surface area (Å²) in [6, 6.07) is 9.59. The van der Waals surface area contributed by atoms with E-state index >= 15 is 0 Å². The molecule has 19 heavy (non-hydrogen) atoms. The van der Waals surface area contributed by atoms with E-state index in [0.717, 1.165) is 5.56 Å². The number of anilines is 2. The molecule has 6 heteroatoms. The topological polar surface area (TPSA) is 104 Å². The number of aromatic nitrogens is 3. The highest BCUT2D eigenvalue weighted by Crippen LogP contribution is 2.34. The maximum absolute atomic E-state index is 5.97. The van der Waals surface area contributed by atoms with Crippen LogP contribution in [0.3, 0.4) is 0 Å². The van der Waals surface area contributed by atoms with Crippen molar-refractivity contribution in [1.82, 2.24) is 15.0 Å². The molecule has 0 aliphatic rings. The third-order valence-electron chi connectivity index (χ3n) is 2.68. The molecule has 4 N–H and O–H groups in total. The predicted molar refractivity (Wildman–Crippen MR) is 71.8 cm³/mol. The Morgan fingerprint density at radius 3 is 2.47 bits per heavy atom. The van der Waals surface area contributed by atoms with Crippen molar-refractivity contribution < 1.29 is 4.42 Å². The first-order valence-corrected chi connectivity index (χ1v) is 5.63. The van der Waals surface area contributed by atoms with Crippen molar-refractivity contribution in [2.24, 2.45) is 0 Å². The van der Waals surface area contributed by atoms with Crippen LogP contribution in [0.1, 0.15) is 0 Å². The highest BCUT2D eigenvalue weighted by Gasteiger charge is 2.17. The van der Waals surface area contributed by atoms with E-state index in [9.17, 15) is 0 Å². The summed E-state index contributed by atoms with van der Waals surface area (Å²) in [4.78, 5) is 12.1. The Bertz CT molecular complexity index is 695. The average molecular weight is 253 g/mol. The highest BCUT2D eigenvalue weighted by molar-refractivity contribution is 5.86. The van der Waals surface area contributed by atoms with Gasteiger partial charge < -0.3 is 15.9 Å². The second kappa shape index (κ2) is 4.41. The number of nitrogens with two attached hydrogens (primary N) is 2. The molecule has 2 heterocycles. The van der Waals surface area contributed by atoms with Gasteiger partial charge >= 0.3 is 0 Å². The van der Waals surface area contributed by atoms with Crippen molar-refractivity contribution in [2.75, 3.05) is 11.5 Å². The summed E-state index contributed by atoms with van der Waals surface area (Å²) in [5.74, 6) is 0.910. The lowest BCUT2D eigenvalue weighted by Gasteiger charge is -2.09. The summed E-state index contributed by atoms with van der Waals surface area (Å²) in [7, 11) is 0. The summed E-state index contributed by atoms with van der Waals surface area (Å²) >= 11 is 0. The fraction of sp³-hybridized carbons (Fsp3) is 0. The smallest absolute Gasteiger partial charge is 0.222 e. The number of nitrogen functional groups attached to an aromatic ring is 2. The first-order valence-electron chi connectivity index (χ1n) is 5.63. The Kier molecular flexibility index (Phi) is 2.60. The summed E-state index contributed by atoms with van der Waals surface area (Å²) in [5, 5.41) is 0. The number of hydrogen-bond donors (Lipinski definition) is 2. The Morgan fingerprint density at radius 2 is 1.79 bits per heavy atom. The lowest BCUT2D eigenvalue weighted by atomic mass is 10.0. The molecular weight excluding hydrogens is 242 g/mol. The van der Waals surface area contributed by atoms with Gasteiger partial charge in [-0.3, -0.25) is 0 Å². The molecule has 0 aliphatic heterocycles. The van der Waals surface area contributed by atoms with Crippen LogP contribution in [-0.4, -0.2) is 15.0 Å². The van der Waals surface area contributed by atoms with Gasteiger partial charge in [-0.15, -0.1) is 0 Å². The summed E-state index contributed by atoms with van der Waals surface area (Å²) < 4.78 is 5.28. The fourth-order valence-corrected chi connectivity index (χ4v) is 1.90. The molecule has 0 bridgehead atoms. The van der Waals surface area contributed by atoms with E-state index in [-0.39, 0.29) is 5.95 Å². The fourth-order valence-electron chi connectivity index (χ4n) is 1.90. The monoisotopic (exact) mass is 253 g/mol. The lowest BCUT2D eigenvalue weighted by Crippen LogP contribution is -2.04. The number of nitrogens with zero attached hydrogens (tertiary/aromatic N) is 3. The van der Waals surface area contributed by atoms with Gasteiger partial charge in [0.1, 0.15) is 11.5 Å². The molecule has 0 aliphatic carbocycles. The zero-order valence-electron chi connectivity index (χ0n) is 9.95. The van der Waals surface area contributed by atoms with Crippen molar-refractivity contribution in [3.8, 4) is 22.6 Å². The first-order chi connectivity index (χ1) is 9.25. The summed E-state index contributed by atoms with van der Waals surface area (Å²) in [6.07, 6.45) is 2.90. The molecule has 1 aromatic carbocycles. The molecule has 0 unspecified atom stereocenters. The standard InChI is InChI=1S/C13H11N5O/c14-12-10(8-4-2-1-3-5-8)11(17-13(15)18-12)9-6-16-7-19-9/h1-7H,(H4,14,15,17,18). The molecule has 0 fully saturated rings. The van der Waals surface area contributed by atoms with Gasteiger partial charge in [-0.05, 0) is 5.56 Å². The normalized spacial score (nSPS) is 10.5. The van der Waals surface area contributed by atoms with Crippen LogP contribution in [0.4, 0.5) is 11.8 Å². The average Bonchev–Trinajstić information content (AvgIpc) is 2.92. The van der Waals surface area contributed by atoms with E-state index in [1.54, 1.807) is 6.20 Å². The van der Waals surface area contributed by atoms with Crippen LogP contribution in [0, 0.1) is 0 Å². The molecule has 0 atom stereocenters. The summed E-state index contributed by atoms with van der Waals surface area (Å²) in [6.45, 7) is 0. The van der Waals surface area contributed by atoms with Gasteiger partial charge in [0.05, 0.1) is 11.8 Å². The third-order valence-corrected chi connectivity index (χ3v) is 2.68. The van der Waals surface area contributed by atoms with Crippen LogP contribution >= 0.6 is 0 Å². The zero-order chi connectivity index (χ0) is 13.2. The van der Waals surface area contributed by atoms with Crippen molar-refractivity contribution >= 4 is 11.8 Å². The molecule has 3 rings (SSSR count). The van der Waals surface area contributed by atoms with Crippen molar-refractivity contribution in [2.45, 2.75) is 0 Å². The van der Waals surface area contributed by atoms with Crippen LogP contribution in [0.5, 0.6) is 0 Å². The Balaban J connectivity index is 2.29. The van der Waals surface area contributed by atoms with Gasteiger partial charge in [0, 0.05) is 0 Å². The van der Waals surface area contributed by atoms with Crippen LogP contribution in [-0.2, 0) is 0 Å². The van der Waals surface area contributed by atoms with E-state index < -0.39 is 0 Å². The molecule has 0 saturated heterocycles. The van der Waals surface area contributed by atoms with Crippen molar-refractivity contribution in [3.63, 3.8) is 0 Å². The van der Waals surface area contributed by atoms with Crippen LogP contribution in [0.2, 0.25) is 0 Å². The van der Waals surface area contributed by atoms with Crippen molar-refractivity contribution in [1.29, 1.82) is 0 Å². The van der Waals surface area contributed by atoms with Gasteiger partial charge in [-0.25, -0.2) is 9.97 Å². The maximum atomic E-state index is 5.97. The van der Waals surface area contributed by atoms with Crippen LogP contribution in [0.15, 0.2) is 47.3 Å². The SMILES string of the molecule is Nc1nc(N)c(-c2ccccc2)c(-c2cnco2)n1. The van der Waals surface area contributed by atoms with Crippen molar-refractivity contribution in [3.05, 3.63) is 42.9 Å². The second-order valence-corrected chi connectivity index (χ2v) is 3.92. The number of rotatable bonds is 2. The molecule has 0 spiro atoms. The van der Waals surface area contributed by atoms with Gasteiger partial charge in [0.25, 0.3) is 0 Å². The van der Waals surface area contributed by atoms with E-state index in [4.69, 9.17) is 15.9 Å². The molecule has 2 aromatic heterocycles. The quantitative estimate of drug-likeness (QED) is 0.723. The molecule has 0 amide bonds. The lowest BCUT2D eigenvalue weighted by molar-refractivity contribution is 0.570. The Morgan fingerprint density at radius 1 is 1.00 bits per heavy atom. The van der Waals surface area contributed by atoms with E-state index in [1.807, 2.05) is 30.3 Å². The second-order valence-electron chi connectivity index (χ2n) is 3.92. The highest BCUT2D eigenvalue weighted by atomic mass is 16.3. The van der Waals surface area contributed by atoms with Crippen LogP contribution < -0.4 is 11.5 Å². The molecular formula is C13H11N5O. The van der Waals surface area contributed by atoms with Gasteiger partial charge in [-0.2, -0.15) is 4.98 Å². The minimum atomic E-state index is 0.101. The maximum Gasteiger partial charge on any atom is 0.222 e. The third kappa shape index (κ3) is 1.99. The number of oxazole rings is 1. The largest absolute Gasteiger partial charge is 0.442 e. The Hall–Kier alpha value is -2.89. The number of hydrogen-bond acceptors (Lipinski definition) is 6. The van der Waals surface area contributed by atoms with E-state index in [0.29, 0.717) is 22.8 Å². The Labute approximate surface area is 109 Å². The van der Waals surface area contributed by atoms with Gasteiger partial charge in [-0.1, -0.05) is 30.3 Å². The predicted octanol–water partition coefficient (Wildman–Crippen LogP) is 1.96. The van der Waals surface area contributed by atoms with Crippen LogP contribution in [0.25, 0.3) is 22.6 Å². The first kappa shape index (κ1) is 11.2. The molecule has 3 aromatic rings. The van der Waals surface area contributed by atoms with E-state index in [1.165, 1.54) is 6.39 Å².